The number of rotatable bonds is 6. The highest BCUT2D eigenvalue weighted by atomic mass is 35.5. The lowest BCUT2D eigenvalue weighted by Gasteiger charge is -1.96. The molecule has 0 bridgehead atoms. The summed E-state index contributed by atoms with van der Waals surface area (Å²) in [5.41, 5.74) is 6.16. The lowest BCUT2D eigenvalue weighted by molar-refractivity contribution is 0.656. The number of nitrogens with two attached hydrogens (primary N) is 1. The number of benzene rings is 1. The first kappa shape index (κ1) is 27.6. The standard InChI is InChI=1S/C7H6Cl2.C7H16.C4H11N.C2H6/c1-5-3-2-4-6(8)7(5)9;1-3-5-7-6-4-2;1-2-3-4-5;1-2/h2-4H,1H3;3-7H2,1-2H3;2-5H2,1H3;1-2H3. The van der Waals surface area contributed by atoms with E-state index in [0.29, 0.717) is 10.0 Å². The molecule has 138 valence electrons. The summed E-state index contributed by atoms with van der Waals surface area (Å²) in [6, 6.07) is 5.58. The van der Waals surface area contributed by atoms with Gasteiger partial charge >= 0.3 is 0 Å². The van der Waals surface area contributed by atoms with Crippen LogP contribution in [0.2, 0.25) is 10.0 Å². The maximum absolute atomic E-state index is 5.75. The first-order chi connectivity index (χ1) is 11.0. The molecule has 0 saturated carbocycles. The molecule has 0 heterocycles. The summed E-state index contributed by atoms with van der Waals surface area (Å²) in [6.45, 7) is 13.4. The maximum Gasteiger partial charge on any atom is 0.0621 e. The van der Waals surface area contributed by atoms with Gasteiger partial charge in [-0.05, 0) is 31.5 Å². The first-order valence-electron chi connectivity index (χ1n) is 9.15. The molecule has 0 atom stereocenters. The van der Waals surface area contributed by atoms with Crippen LogP contribution in [-0.2, 0) is 0 Å². The van der Waals surface area contributed by atoms with Crippen molar-refractivity contribution in [3.63, 3.8) is 0 Å². The summed E-state index contributed by atoms with van der Waals surface area (Å²) in [4.78, 5) is 0. The Hall–Kier alpha value is -0.240. The van der Waals surface area contributed by atoms with Crippen LogP contribution in [0.15, 0.2) is 18.2 Å². The fourth-order valence-corrected chi connectivity index (χ4v) is 1.84. The molecule has 0 fully saturated rings. The zero-order valence-corrected chi connectivity index (χ0v) is 17.7. The van der Waals surface area contributed by atoms with E-state index in [9.17, 15) is 0 Å². The zero-order valence-electron chi connectivity index (χ0n) is 16.2. The number of unbranched alkanes of at least 4 members (excludes halogenated alkanes) is 5. The summed E-state index contributed by atoms with van der Waals surface area (Å²) in [5.74, 6) is 0. The molecule has 0 aliphatic heterocycles. The van der Waals surface area contributed by atoms with Crippen molar-refractivity contribution in [1.82, 2.24) is 0 Å². The smallest absolute Gasteiger partial charge is 0.0621 e. The Morgan fingerprint density at radius 3 is 1.57 bits per heavy atom. The summed E-state index contributed by atoms with van der Waals surface area (Å²) in [6.07, 6.45) is 9.39. The number of hydrogen-bond acceptors (Lipinski definition) is 1. The Bertz CT molecular complexity index is 301. The number of aryl methyl sites for hydroxylation is 1. The van der Waals surface area contributed by atoms with E-state index in [0.717, 1.165) is 12.1 Å². The molecule has 2 N–H and O–H groups in total. The average molecular weight is 364 g/mol. The van der Waals surface area contributed by atoms with Gasteiger partial charge in [0, 0.05) is 0 Å². The minimum absolute atomic E-state index is 0.622. The Labute approximate surface area is 156 Å². The summed E-state index contributed by atoms with van der Waals surface area (Å²) in [7, 11) is 0. The predicted octanol–water partition coefficient (Wildman–Crippen LogP) is 8.05. The molecular weight excluding hydrogens is 325 g/mol. The van der Waals surface area contributed by atoms with Gasteiger partial charge in [0.2, 0.25) is 0 Å². The van der Waals surface area contributed by atoms with Crippen LogP contribution >= 0.6 is 23.2 Å². The molecule has 0 aromatic heterocycles. The van der Waals surface area contributed by atoms with E-state index in [1.807, 2.05) is 32.9 Å². The van der Waals surface area contributed by atoms with Gasteiger partial charge in [-0.1, -0.05) is 108 Å². The second-order valence-electron chi connectivity index (χ2n) is 5.07. The molecule has 1 aromatic rings. The summed E-state index contributed by atoms with van der Waals surface area (Å²) in [5, 5.41) is 1.27. The van der Waals surface area contributed by atoms with Crippen molar-refractivity contribution in [1.29, 1.82) is 0 Å². The summed E-state index contributed by atoms with van der Waals surface area (Å²) >= 11 is 11.4. The van der Waals surface area contributed by atoms with Crippen LogP contribution in [0.1, 0.15) is 85.1 Å². The molecule has 1 aromatic carbocycles. The second-order valence-corrected chi connectivity index (χ2v) is 5.86. The topological polar surface area (TPSA) is 26.0 Å². The van der Waals surface area contributed by atoms with Crippen molar-refractivity contribution in [3.05, 3.63) is 33.8 Å². The van der Waals surface area contributed by atoms with E-state index in [1.165, 1.54) is 44.9 Å². The third-order valence-corrected chi connectivity index (χ3v) is 3.82. The van der Waals surface area contributed by atoms with Crippen LogP contribution in [0.25, 0.3) is 0 Å². The van der Waals surface area contributed by atoms with Crippen molar-refractivity contribution in [2.45, 2.75) is 86.5 Å². The third-order valence-electron chi connectivity index (χ3n) is 2.91. The van der Waals surface area contributed by atoms with Crippen LogP contribution < -0.4 is 5.73 Å². The highest BCUT2D eigenvalue weighted by Gasteiger charge is 1.96. The van der Waals surface area contributed by atoms with Crippen LogP contribution in [0.4, 0.5) is 0 Å². The lowest BCUT2D eigenvalue weighted by Crippen LogP contribution is -1.95. The van der Waals surface area contributed by atoms with E-state index >= 15 is 0 Å². The highest BCUT2D eigenvalue weighted by Crippen LogP contribution is 2.24. The van der Waals surface area contributed by atoms with E-state index in [-0.39, 0.29) is 0 Å². The van der Waals surface area contributed by atoms with E-state index < -0.39 is 0 Å². The van der Waals surface area contributed by atoms with Gasteiger partial charge in [0.25, 0.3) is 0 Å². The van der Waals surface area contributed by atoms with Gasteiger partial charge in [-0.2, -0.15) is 0 Å². The first-order valence-corrected chi connectivity index (χ1v) is 9.91. The molecule has 0 spiro atoms. The molecule has 0 amide bonds. The Morgan fingerprint density at radius 1 is 0.826 bits per heavy atom. The van der Waals surface area contributed by atoms with Gasteiger partial charge in [-0.15, -0.1) is 0 Å². The van der Waals surface area contributed by atoms with Crippen LogP contribution in [-0.4, -0.2) is 6.54 Å². The van der Waals surface area contributed by atoms with Crippen molar-refractivity contribution in [2.75, 3.05) is 6.54 Å². The van der Waals surface area contributed by atoms with Crippen LogP contribution in [0.3, 0.4) is 0 Å². The minimum atomic E-state index is 0.622. The van der Waals surface area contributed by atoms with Gasteiger partial charge in [-0.3, -0.25) is 0 Å². The van der Waals surface area contributed by atoms with E-state index in [2.05, 4.69) is 20.8 Å². The monoisotopic (exact) mass is 363 g/mol. The molecule has 0 radical (unpaired) electrons. The molecule has 0 saturated heterocycles. The average Bonchev–Trinajstić information content (AvgIpc) is 2.57. The molecule has 1 rings (SSSR count). The van der Waals surface area contributed by atoms with Gasteiger partial charge in [0.1, 0.15) is 0 Å². The molecule has 0 unspecified atom stereocenters. The Kier molecular flexibility index (Phi) is 28.8. The Morgan fingerprint density at radius 2 is 1.30 bits per heavy atom. The number of halogens is 2. The molecule has 0 aliphatic carbocycles. The van der Waals surface area contributed by atoms with Crippen molar-refractivity contribution in [3.8, 4) is 0 Å². The quantitative estimate of drug-likeness (QED) is 0.508. The second kappa shape index (κ2) is 24.0. The SMILES string of the molecule is CC.CCCCCCC.CCCCN.Cc1cccc(Cl)c1Cl. The molecule has 23 heavy (non-hydrogen) atoms. The summed E-state index contributed by atoms with van der Waals surface area (Å²) < 4.78 is 0. The lowest BCUT2D eigenvalue weighted by atomic mass is 10.2. The zero-order chi connectivity index (χ0) is 18.5. The molecule has 0 aliphatic rings. The van der Waals surface area contributed by atoms with Gasteiger partial charge in [0.05, 0.1) is 10.0 Å². The number of hydrogen-bond donors (Lipinski definition) is 1. The minimum Gasteiger partial charge on any atom is -0.330 e. The van der Waals surface area contributed by atoms with E-state index in [1.54, 1.807) is 6.07 Å². The normalized spacial score (nSPS) is 8.74. The third kappa shape index (κ3) is 21.8. The maximum atomic E-state index is 5.75. The fraction of sp³-hybridized carbons (Fsp3) is 0.700. The molecule has 3 heteroatoms. The van der Waals surface area contributed by atoms with Crippen molar-refractivity contribution in [2.24, 2.45) is 5.73 Å². The van der Waals surface area contributed by atoms with Crippen molar-refractivity contribution >= 4 is 23.2 Å². The van der Waals surface area contributed by atoms with Crippen LogP contribution in [0, 0.1) is 6.92 Å². The molecular formula is C20H39Cl2N. The van der Waals surface area contributed by atoms with Crippen LogP contribution in [0.5, 0.6) is 0 Å². The fourth-order valence-electron chi connectivity index (χ4n) is 1.49. The Balaban J connectivity index is -0.000000258. The largest absolute Gasteiger partial charge is 0.330 e. The van der Waals surface area contributed by atoms with Crippen molar-refractivity contribution < 1.29 is 0 Å². The van der Waals surface area contributed by atoms with Gasteiger partial charge < -0.3 is 5.73 Å². The predicted molar refractivity (Wildman–Crippen MR) is 111 cm³/mol. The van der Waals surface area contributed by atoms with Gasteiger partial charge in [0.15, 0.2) is 0 Å². The molecule has 1 nitrogen and oxygen atoms in total. The highest BCUT2D eigenvalue weighted by molar-refractivity contribution is 6.42. The van der Waals surface area contributed by atoms with E-state index in [4.69, 9.17) is 28.9 Å². The van der Waals surface area contributed by atoms with Gasteiger partial charge in [-0.25, -0.2) is 0 Å².